The highest BCUT2D eigenvalue weighted by atomic mass is 35.5. The molecule has 8 heteroatoms. The van der Waals surface area contributed by atoms with Gasteiger partial charge in [-0.3, -0.25) is 9.69 Å². The van der Waals surface area contributed by atoms with E-state index in [-0.39, 0.29) is 30.7 Å². The molecule has 1 amide bonds. The van der Waals surface area contributed by atoms with Gasteiger partial charge in [0.05, 0.1) is 5.56 Å². The number of hydrogen-bond donors (Lipinski definition) is 2. The maximum absolute atomic E-state index is 12.5. The molecule has 0 spiro atoms. The lowest BCUT2D eigenvalue weighted by molar-refractivity contribution is 0.0946. The van der Waals surface area contributed by atoms with Crippen molar-refractivity contribution >= 4 is 30.7 Å². The Hall–Kier alpha value is -1.60. The normalized spacial score (nSPS) is 14.2. The Kier molecular flexibility index (Phi) is 9.08. The number of aryl methyl sites for hydroxylation is 1. The van der Waals surface area contributed by atoms with E-state index in [2.05, 4.69) is 20.5 Å². The lowest BCUT2D eigenvalue weighted by Crippen LogP contribution is -2.46. The zero-order chi connectivity index (χ0) is 16.9. The van der Waals surface area contributed by atoms with E-state index in [1.54, 1.807) is 6.20 Å². The number of aromatic nitrogens is 2. The molecular weight excluding hydrogens is 373 g/mol. The van der Waals surface area contributed by atoms with Crippen LogP contribution < -0.4 is 10.6 Å². The van der Waals surface area contributed by atoms with Crippen molar-refractivity contribution in [2.75, 3.05) is 39.3 Å². The highest BCUT2D eigenvalue weighted by Crippen LogP contribution is 2.19. The van der Waals surface area contributed by atoms with Crippen LogP contribution in [0.15, 0.2) is 30.5 Å². The van der Waals surface area contributed by atoms with Crippen molar-refractivity contribution in [1.82, 2.24) is 25.1 Å². The minimum atomic E-state index is -0.0135. The Bertz CT molecular complexity index is 699. The number of piperazine rings is 1. The zero-order valence-corrected chi connectivity index (χ0v) is 16.8. The van der Waals surface area contributed by atoms with Crippen molar-refractivity contribution in [3.63, 3.8) is 0 Å². The van der Waals surface area contributed by atoms with Crippen LogP contribution in [-0.4, -0.2) is 59.6 Å². The van der Waals surface area contributed by atoms with Gasteiger partial charge in [0, 0.05) is 56.9 Å². The summed E-state index contributed by atoms with van der Waals surface area (Å²) < 4.78 is 2.02. The van der Waals surface area contributed by atoms with Crippen LogP contribution in [0.5, 0.6) is 0 Å². The second-order valence-electron chi connectivity index (χ2n) is 6.16. The SMILES string of the molecule is Cc1cc(C(=O)NCCN2CCNCC2)c(C)n1-c1ccccn1.Cl.Cl. The second kappa shape index (κ2) is 10.5. The predicted molar refractivity (Wildman–Crippen MR) is 109 cm³/mol. The molecule has 0 radical (unpaired) electrons. The van der Waals surface area contributed by atoms with E-state index < -0.39 is 0 Å². The third-order valence-electron chi connectivity index (χ3n) is 4.48. The summed E-state index contributed by atoms with van der Waals surface area (Å²) in [5, 5.41) is 6.38. The van der Waals surface area contributed by atoms with Crippen molar-refractivity contribution in [2.45, 2.75) is 13.8 Å². The first-order valence-corrected chi connectivity index (χ1v) is 8.48. The number of nitrogens with one attached hydrogen (secondary N) is 2. The maximum Gasteiger partial charge on any atom is 0.253 e. The molecule has 0 aliphatic carbocycles. The Morgan fingerprint density at radius 3 is 2.62 bits per heavy atom. The maximum atomic E-state index is 12.5. The summed E-state index contributed by atoms with van der Waals surface area (Å²) in [7, 11) is 0. The summed E-state index contributed by atoms with van der Waals surface area (Å²) in [6.45, 7) is 9.68. The number of rotatable bonds is 5. The standard InChI is InChI=1S/C18H25N5O.2ClH/c1-14-13-16(15(2)23(14)17-5-3-4-6-20-17)18(24)21-9-12-22-10-7-19-8-11-22;;/h3-6,13,19H,7-12H2,1-2H3,(H,21,24);2*1H. The van der Waals surface area contributed by atoms with E-state index in [0.717, 1.165) is 55.5 Å². The van der Waals surface area contributed by atoms with Crippen LogP contribution in [0.2, 0.25) is 0 Å². The van der Waals surface area contributed by atoms with E-state index in [9.17, 15) is 4.79 Å². The molecule has 2 aromatic heterocycles. The smallest absolute Gasteiger partial charge is 0.253 e. The molecule has 1 aliphatic rings. The van der Waals surface area contributed by atoms with Gasteiger partial charge < -0.3 is 15.2 Å². The fraction of sp³-hybridized carbons (Fsp3) is 0.444. The first kappa shape index (κ1) is 22.4. The molecule has 0 bridgehead atoms. The Labute approximate surface area is 167 Å². The summed E-state index contributed by atoms with van der Waals surface area (Å²) in [5.41, 5.74) is 2.66. The summed E-state index contributed by atoms with van der Waals surface area (Å²) >= 11 is 0. The molecular formula is C18H27Cl2N5O. The highest BCUT2D eigenvalue weighted by Gasteiger charge is 2.17. The first-order chi connectivity index (χ1) is 11.7. The van der Waals surface area contributed by atoms with Gasteiger partial charge in [-0.05, 0) is 32.0 Å². The van der Waals surface area contributed by atoms with Crippen LogP contribution in [-0.2, 0) is 0 Å². The van der Waals surface area contributed by atoms with Crippen molar-refractivity contribution in [1.29, 1.82) is 0 Å². The minimum absolute atomic E-state index is 0. The zero-order valence-electron chi connectivity index (χ0n) is 15.2. The van der Waals surface area contributed by atoms with E-state index in [0.29, 0.717) is 6.54 Å². The molecule has 0 saturated carbocycles. The monoisotopic (exact) mass is 399 g/mol. The van der Waals surface area contributed by atoms with E-state index in [1.165, 1.54) is 0 Å². The van der Waals surface area contributed by atoms with Crippen molar-refractivity contribution in [3.8, 4) is 5.82 Å². The minimum Gasteiger partial charge on any atom is -0.351 e. The fourth-order valence-electron chi connectivity index (χ4n) is 3.19. The summed E-state index contributed by atoms with van der Waals surface area (Å²) in [4.78, 5) is 19.3. The van der Waals surface area contributed by atoms with Crippen LogP contribution in [0.3, 0.4) is 0 Å². The summed E-state index contributed by atoms with van der Waals surface area (Å²) in [5.74, 6) is 0.827. The number of hydrogen-bond acceptors (Lipinski definition) is 4. The van der Waals surface area contributed by atoms with Gasteiger partial charge in [0.15, 0.2) is 0 Å². The molecule has 1 fully saturated rings. The number of carbonyl (C=O) groups excluding carboxylic acids is 1. The third kappa shape index (κ3) is 5.20. The van der Waals surface area contributed by atoms with Crippen LogP contribution in [0, 0.1) is 13.8 Å². The molecule has 2 N–H and O–H groups in total. The number of nitrogens with zero attached hydrogens (tertiary/aromatic N) is 3. The number of carbonyl (C=O) groups is 1. The Morgan fingerprint density at radius 2 is 1.96 bits per heavy atom. The molecule has 0 atom stereocenters. The van der Waals surface area contributed by atoms with E-state index >= 15 is 0 Å². The first-order valence-electron chi connectivity index (χ1n) is 8.48. The molecule has 144 valence electrons. The quantitative estimate of drug-likeness (QED) is 0.806. The van der Waals surface area contributed by atoms with Gasteiger partial charge in [-0.15, -0.1) is 24.8 Å². The van der Waals surface area contributed by atoms with Crippen molar-refractivity contribution < 1.29 is 4.79 Å². The van der Waals surface area contributed by atoms with Crippen LogP contribution in [0.4, 0.5) is 0 Å². The highest BCUT2D eigenvalue weighted by molar-refractivity contribution is 5.95. The number of halogens is 2. The molecule has 1 saturated heterocycles. The molecule has 3 rings (SSSR count). The van der Waals surface area contributed by atoms with Gasteiger partial charge in [0.2, 0.25) is 0 Å². The van der Waals surface area contributed by atoms with Gasteiger partial charge in [-0.2, -0.15) is 0 Å². The molecule has 26 heavy (non-hydrogen) atoms. The summed E-state index contributed by atoms with van der Waals surface area (Å²) in [6.07, 6.45) is 1.77. The molecule has 6 nitrogen and oxygen atoms in total. The number of pyridine rings is 1. The van der Waals surface area contributed by atoms with Crippen LogP contribution in [0.25, 0.3) is 5.82 Å². The molecule has 1 aliphatic heterocycles. The lowest BCUT2D eigenvalue weighted by Gasteiger charge is -2.27. The van der Waals surface area contributed by atoms with Crippen molar-refractivity contribution in [2.24, 2.45) is 0 Å². The molecule has 0 unspecified atom stereocenters. The Morgan fingerprint density at radius 1 is 1.23 bits per heavy atom. The van der Waals surface area contributed by atoms with Crippen LogP contribution in [0.1, 0.15) is 21.7 Å². The predicted octanol–water partition coefficient (Wildman–Crippen LogP) is 1.97. The average molecular weight is 400 g/mol. The average Bonchev–Trinajstić information content (AvgIpc) is 2.91. The van der Waals surface area contributed by atoms with Gasteiger partial charge >= 0.3 is 0 Å². The van der Waals surface area contributed by atoms with Gasteiger partial charge in [0.1, 0.15) is 5.82 Å². The number of amides is 1. The van der Waals surface area contributed by atoms with Gasteiger partial charge in [0.25, 0.3) is 5.91 Å². The topological polar surface area (TPSA) is 62.2 Å². The van der Waals surface area contributed by atoms with Gasteiger partial charge in [-0.25, -0.2) is 4.98 Å². The Balaban J connectivity index is 0.00000169. The van der Waals surface area contributed by atoms with E-state index in [1.807, 2.05) is 42.7 Å². The van der Waals surface area contributed by atoms with E-state index in [4.69, 9.17) is 0 Å². The van der Waals surface area contributed by atoms with Crippen molar-refractivity contribution in [3.05, 3.63) is 47.4 Å². The molecule has 3 heterocycles. The molecule has 0 aromatic carbocycles. The lowest BCUT2D eigenvalue weighted by atomic mass is 10.2. The largest absolute Gasteiger partial charge is 0.351 e. The fourth-order valence-corrected chi connectivity index (χ4v) is 3.19. The summed E-state index contributed by atoms with van der Waals surface area (Å²) in [6, 6.07) is 7.73. The van der Waals surface area contributed by atoms with Crippen LogP contribution >= 0.6 is 24.8 Å². The second-order valence-corrected chi connectivity index (χ2v) is 6.16. The van der Waals surface area contributed by atoms with Gasteiger partial charge in [-0.1, -0.05) is 6.07 Å². The molecule has 2 aromatic rings. The third-order valence-corrected chi connectivity index (χ3v) is 4.48.